The molecular formula is C21H19N3O4S2. The van der Waals surface area contributed by atoms with Crippen molar-refractivity contribution in [2.24, 2.45) is 5.73 Å². The first-order valence-corrected chi connectivity index (χ1v) is 10.7. The molecule has 0 aliphatic carbocycles. The fourth-order valence-electron chi connectivity index (χ4n) is 3.22. The minimum absolute atomic E-state index is 0.346. The summed E-state index contributed by atoms with van der Waals surface area (Å²) < 4.78 is 12.6. The summed E-state index contributed by atoms with van der Waals surface area (Å²) in [6.45, 7) is 2.64. The molecule has 0 bridgehead atoms. The molecule has 1 amide bonds. The summed E-state index contributed by atoms with van der Waals surface area (Å²) in [6.07, 6.45) is 0.611. The van der Waals surface area contributed by atoms with Crippen molar-refractivity contribution in [2.45, 2.75) is 13.5 Å². The molecule has 9 heteroatoms. The van der Waals surface area contributed by atoms with E-state index in [2.05, 4.69) is 20.7 Å². The van der Waals surface area contributed by atoms with Crippen LogP contribution in [0.5, 0.6) is 11.5 Å². The molecule has 0 aliphatic heterocycles. The van der Waals surface area contributed by atoms with Crippen LogP contribution in [0.25, 0.3) is 20.3 Å². The molecule has 1 aromatic carbocycles. The Labute approximate surface area is 180 Å². The number of aromatic nitrogens is 1. The molecule has 7 nitrogen and oxygen atoms in total. The summed E-state index contributed by atoms with van der Waals surface area (Å²) in [5.74, 6) is 0.632. The van der Waals surface area contributed by atoms with Crippen molar-refractivity contribution < 1.29 is 19.1 Å². The summed E-state index contributed by atoms with van der Waals surface area (Å²) in [5.41, 5.74) is 6.22. The van der Waals surface area contributed by atoms with E-state index in [9.17, 15) is 9.59 Å². The number of hydrogen-bond acceptors (Lipinski definition) is 8. The first kappa shape index (κ1) is 20.3. The lowest BCUT2D eigenvalue weighted by Crippen LogP contribution is -2.18. The molecule has 0 aliphatic rings. The van der Waals surface area contributed by atoms with E-state index in [4.69, 9.17) is 10.5 Å². The second kappa shape index (κ2) is 8.02. The summed E-state index contributed by atoms with van der Waals surface area (Å²) >= 11 is 3.08. The van der Waals surface area contributed by atoms with E-state index in [1.54, 1.807) is 36.6 Å². The summed E-state index contributed by atoms with van der Waals surface area (Å²) in [7, 11) is 4.06. The lowest BCUT2D eigenvalue weighted by atomic mass is 10.1. The Morgan fingerprint density at radius 1 is 1.17 bits per heavy atom. The van der Waals surface area contributed by atoms with Gasteiger partial charge in [0.05, 0.1) is 15.8 Å². The van der Waals surface area contributed by atoms with E-state index in [0.29, 0.717) is 16.7 Å². The highest BCUT2D eigenvalue weighted by atomic mass is 32.1. The van der Waals surface area contributed by atoms with E-state index in [1.165, 1.54) is 16.2 Å². The Morgan fingerprint density at radius 2 is 1.97 bits per heavy atom. The van der Waals surface area contributed by atoms with E-state index in [-0.39, 0.29) is 0 Å². The fraction of sp³-hybridized carbons (Fsp3) is 0.190. The monoisotopic (exact) mass is 441 g/mol. The normalized spacial score (nSPS) is 11.3. The number of thiophene rings is 2. The molecule has 0 spiro atoms. The second-order valence-electron chi connectivity index (χ2n) is 6.98. The maximum atomic E-state index is 12.2. The number of pyridine rings is 1. The number of nitrogens with two attached hydrogens (primary N) is 1. The van der Waals surface area contributed by atoms with Gasteiger partial charge in [-0.3, -0.25) is 4.98 Å². The van der Waals surface area contributed by atoms with Gasteiger partial charge in [-0.1, -0.05) is 0 Å². The van der Waals surface area contributed by atoms with Crippen molar-refractivity contribution in [3.8, 4) is 11.5 Å². The highest BCUT2D eigenvalue weighted by Gasteiger charge is 2.20. The average molecular weight is 442 g/mol. The quantitative estimate of drug-likeness (QED) is 0.349. The fourth-order valence-corrected chi connectivity index (χ4v) is 5.48. The lowest BCUT2D eigenvalue weighted by molar-refractivity contribution is 0.0640. The molecule has 0 saturated carbocycles. The van der Waals surface area contributed by atoms with Gasteiger partial charge in [0.15, 0.2) is 0 Å². The summed E-state index contributed by atoms with van der Waals surface area (Å²) in [6, 6.07) is 9.37. The van der Waals surface area contributed by atoms with Crippen LogP contribution in [0, 0.1) is 6.92 Å². The largest absolute Gasteiger partial charge is 0.456 e. The van der Waals surface area contributed by atoms with Crippen LogP contribution in [0.2, 0.25) is 0 Å². The molecule has 154 valence electrons. The number of esters is 1. The second-order valence-corrected chi connectivity index (χ2v) is 9.37. The zero-order chi connectivity index (χ0) is 21.4. The smallest absolute Gasteiger partial charge is 0.412 e. The van der Waals surface area contributed by atoms with Crippen LogP contribution in [0.15, 0.2) is 36.5 Å². The van der Waals surface area contributed by atoms with Crippen LogP contribution in [0.4, 0.5) is 4.79 Å². The number of primary amides is 1. The molecule has 0 atom stereocenters. The molecule has 0 saturated heterocycles. The van der Waals surface area contributed by atoms with Gasteiger partial charge in [-0.25, -0.2) is 9.59 Å². The van der Waals surface area contributed by atoms with Crippen LogP contribution in [-0.2, 0) is 11.3 Å². The van der Waals surface area contributed by atoms with Crippen LogP contribution in [0.1, 0.15) is 20.1 Å². The van der Waals surface area contributed by atoms with Gasteiger partial charge in [0, 0.05) is 38.6 Å². The minimum Gasteiger partial charge on any atom is -0.456 e. The number of amides is 1. The van der Waals surface area contributed by atoms with E-state index < -0.39 is 12.1 Å². The Morgan fingerprint density at radius 3 is 2.70 bits per heavy atom. The van der Waals surface area contributed by atoms with Gasteiger partial charge in [-0.15, -0.1) is 22.7 Å². The third kappa shape index (κ3) is 4.00. The number of benzene rings is 1. The van der Waals surface area contributed by atoms with Crippen molar-refractivity contribution >= 4 is 55.0 Å². The van der Waals surface area contributed by atoms with Crippen molar-refractivity contribution in [3.05, 3.63) is 51.8 Å². The van der Waals surface area contributed by atoms with Gasteiger partial charge < -0.3 is 20.1 Å². The van der Waals surface area contributed by atoms with Crippen LogP contribution >= 0.6 is 22.7 Å². The SMILES string of the molecule is Cc1sc2cc(Oc3ccnc4cc(CN(C)C)sc34)ccc2c1C(=O)OC(N)=O. The standard InChI is InChI=1S/C21H19N3O4S2/c1-11-18(20(25)28-21(22)26)14-5-4-12(8-17(14)29-11)27-16-6-7-23-15-9-13(10-24(2)3)30-19(15)16/h4-9H,10H2,1-3H3,(H2,22,26). The minimum atomic E-state index is -1.12. The molecule has 4 aromatic rings. The molecule has 4 rings (SSSR count). The number of nitrogens with zero attached hydrogens (tertiary/aromatic N) is 2. The Kier molecular flexibility index (Phi) is 5.42. The lowest BCUT2D eigenvalue weighted by Gasteiger charge is -2.07. The van der Waals surface area contributed by atoms with Crippen LogP contribution < -0.4 is 10.5 Å². The van der Waals surface area contributed by atoms with Gasteiger partial charge >= 0.3 is 12.1 Å². The predicted molar refractivity (Wildman–Crippen MR) is 119 cm³/mol. The van der Waals surface area contributed by atoms with Crippen LogP contribution in [0.3, 0.4) is 0 Å². The zero-order valence-corrected chi connectivity index (χ0v) is 18.2. The van der Waals surface area contributed by atoms with E-state index in [1.807, 2.05) is 26.2 Å². The molecule has 2 N–H and O–H groups in total. The average Bonchev–Trinajstić information content (AvgIpc) is 3.20. The number of carbonyl (C=O) groups excluding carboxylic acids is 2. The molecular weight excluding hydrogens is 422 g/mol. The van der Waals surface area contributed by atoms with Crippen LogP contribution in [-0.4, -0.2) is 36.0 Å². The van der Waals surface area contributed by atoms with Gasteiger partial charge in [-0.2, -0.15) is 0 Å². The molecule has 0 radical (unpaired) electrons. The van der Waals surface area contributed by atoms with Gasteiger partial charge in [0.2, 0.25) is 0 Å². The Bertz CT molecular complexity index is 1280. The van der Waals surface area contributed by atoms with Gasteiger partial charge in [-0.05, 0) is 45.3 Å². The van der Waals surface area contributed by atoms with Crippen molar-refractivity contribution in [1.29, 1.82) is 0 Å². The Balaban J connectivity index is 1.67. The first-order chi connectivity index (χ1) is 14.3. The highest BCUT2D eigenvalue weighted by molar-refractivity contribution is 7.19. The highest BCUT2D eigenvalue weighted by Crippen LogP contribution is 2.38. The zero-order valence-electron chi connectivity index (χ0n) is 16.6. The van der Waals surface area contributed by atoms with Crippen molar-refractivity contribution in [2.75, 3.05) is 14.1 Å². The maximum Gasteiger partial charge on any atom is 0.412 e. The number of carbonyl (C=O) groups is 2. The molecule has 0 unspecified atom stereocenters. The number of aryl methyl sites for hydroxylation is 1. The maximum absolute atomic E-state index is 12.2. The van der Waals surface area contributed by atoms with E-state index in [0.717, 1.165) is 32.1 Å². The third-order valence-corrected chi connectivity index (χ3v) is 6.55. The van der Waals surface area contributed by atoms with Crippen molar-refractivity contribution in [3.63, 3.8) is 0 Å². The summed E-state index contributed by atoms with van der Waals surface area (Å²) in [4.78, 5) is 31.6. The van der Waals surface area contributed by atoms with E-state index >= 15 is 0 Å². The van der Waals surface area contributed by atoms with Crippen molar-refractivity contribution in [1.82, 2.24) is 9.88 Å². The first-order valence-electron chi connectivity index (χ1n) is 9.06. The Hall–Kier alpha value is -3.01. The topological polar surface area (TPSA) is 94.8 Å². The number of ether oxygens (including phenoxy) is 2. The number of rotatable bonds is 5. The van der Waals surface area contributed by atoms with Gasteiger partial charge in [0.1, 0.15) is 11.5 Å². The van der Waals surface area contributed by atoms with Gasteiger partial charge in [0.25, 0.3) is 0 Å². The summed E-state index contributed by atoms with van der Waals surface area (Å²) in [5, 5.41) is 0.695. The number of hydrogen-bond donors (Lipinski definition) is 1. The molecule has 3 heterocycles. The number of fused-ring (bicyclic) bond motifs is 2. The predicted octanol–water partition coefficient (Wildman–Crippen LogP) is 4.91. The molecule has 0 fully saturated rings. The molecule has 30 heavy (non-hydrogen) atoms. The third-order valence-electron chi connectivity index (χ3n) is 4.36. The molecule has 3 aromatic heterocycles.